The van der Waals surface area contributed by atoms with E-state index in [-0.39, 0.29) is 5.96 Å². The first-order valence-corrected chi connectivity index (χ1v) is 4.40. The molecule has 6 nitrogen and oxygen atoms in total. The zero-order chi connectivity index (χ0) is 10.8. The van der Waals surface area contributed by atoms with Crippen molar-refractivity contribution in [2.45, 2.75) is 0 Å². The minimum absolute atomic E-state index is 0.0926. The molecule has 0 aliphatic rings. The lowest BCUT2D eigenvalue weighted by atomic mass is 10.3. The first-order valence-electron chi connectivity index (χ1n) is 3.58. The maximum absolute atomic E-state index is 9.90. The van der Waals surface area contributed by atoms with Gasteiger partial charge in [-0.3, -0.25) is 4.52 Å². The van der Waals surface area contributed by atoms with Crippen LogP contribution in [0.15, 0.2) is 35.4 Å². The molecule has 1 aromatic carbocycles. The summed E-state index contributed by atoms with van der Waals surface area (Å²) in [4.78, 5) is 0. The Morgan fingerprint density at radius 3 is 2.14 bits per heavy atom. The van der Waals surface area contributed by atoms with E-state index in [1.54, 1.807) is 12.1 Å². The Labute approximate surface area is 83.0 Å². The Bertz CT molecular complexity index is 287. The van der Waals surface area contributed by atoms with Gasteiger partial charge in [-0.1, -0.05) is 18.2 Å². The predicted molar refractivity (Wildman–Crippen MR) is 56.1 cm³/mol. The Hall–Kier alpha value is -1.81. The van der Waals surface area contributed by atoms with Crippen molar-refractivity contribution >= 4 is 14.6 Å². The van der Waals surface area contributed by atoms with Crippen molar-refractivity contribution in [2.75, 3.05) is 0 Å². The summed E-state index contributed by atoms with van der Waals surface area (Å²) in [5.41, 5.74) is 9.39. The molecule has 0 aromatic heterocycles. The Balaban J connectivity index is 0.000000292. The molecule has 0 aliphatic carbocycles. The second-order valence-electron chi connectivity index (χ2n) is 2.05. The van der Waals surface area contributed by atoms with Crippen molar-refractivity contribution in [3.63, 3.8) is 0 Å². The lowest BCUT2D eigenvalue weighted by Gasteiger charge is -1.84. The Morgan fingerprint density at radius 1 is 1.29 bits per heavy atom. The zero-order valence-electron chi connectivity index (χ0n) is 7.38. The fraction of sp³-hybridized carbons (Fsp3) is 0. The highest BCUT2D eigenvalue weighted by Gasteiger charge is 1.92. The molecular formula is C7H12N4O2P+. The molecule has 0 spiro atoms. The lowest BCUT2D eigenvalue weighted by molar-refractivity contribution is 0.525. The van der Waals surface area contributed by atoms with E-state index < -0.39 is 8.69 Å². The lowest BCUT2D eigenvalue weighted by Crippen LogP contribution is -2.23. The van der Waals surface area contributed by atoms with Crippen molar-refractivity contribution < 1.29 is 9.09 Å². The van der Waals surface area contributed by atoms with Crippen LogP contribution in [0.25, 0.3) is 0 Å². The first-order chi connectivity index (χ1) is 6.70. The van der Waals surface area contributed by atoms with Crippen LogP contribution in [0.1, 0.15) is 0 Å². The van der Waals surface area contributed by atoms with Crippen molar-refractivity contribution in [3.05, 3.63) is 30.3 Å². The molecule has 1 rings (SSSR count). The molecule has 0 saturated heterocycles. The van der Waals surface area contributed by atoms with Crippen LogP contribution in [0.5, 0.6) is 5.75 Å². The maximum Gasteiger partial charge on any atom is 0.542 e. The number of para-hydroxylation sites is 1. The van der Waals surface area contributed by atoms with E-state index in [0.717, 1.165) is 0 Å². The molecule has 0 aliphatic heterocycles. The van der Waals surface area contributed by atoms with Gasteiger partial charge < -0.3 is 17.3 Å². The second-order valence-corrected chi connectivity index (χ2v) is 2.42. The van der Waals surface area contributed by atoms with E-state index in [4.69, 9.17) is 11.5 Å². The highest BCUT2D eigenvalue weighted by atomic mass is 31.1. The van der Waals surface area contributed by atoms with Gasteiger partial charge in [0.25, 0.3) is 0 Å². The standard InChI is InChI=1S/C6H6O2P.CH6N4/c7-9-8-6-4-2-1-3-5-6;2-1(3)5-4/h1-5,9H;4H2,(H4,2,3,5)/q+1;. The molecule has 0 fully saturated rings. The average Bonchev–Trinajstić information content (AvgIpc) is 2.21. The highest BCUT2D eigenvalue weighted by Crippen LogP contribution is 2.12. The van der Waals surface area contributed by atoms with Crippen LogP contribution < -0.4 is 21.8 Å². The summed E-state index contributed by atoms with van der Waals surface area (Å²) in [7, 11) is -0.715. The summed E-state index contributed by atoms with van der Waals surface area (Å²) in [6, 6.07) is 9.04. The first kappa shape index (κ1) is 12.2. The summed E-state index contributed by atoms with van der Waals surface area (Å²) in [6.45, 7) is 0. The molecule has 0 heterocycles. The van der Waals surface area contributed by atoms with Gasteiger partial charge in [-0.25, -0.2) is 0 Å². The predicted octanol–water partition coefficient (Wildman–Crippen LogP) is 0.138. The van der Waals surface area contributed by atoms with E-state index >= 15 is 0 Å². The molecule has 1 atom stereocenters. The largest absolute Gasteiger partial charge is 0.542 e. The van der Waals surface area contributed by atoms with E-state index in [1.165, 1.54) is 0 Å². The highest BCUT2D eigenvalue weighted by molar-refractivity contribution is 7.17. The molecule has 0 bridgehead atoms. The Kier molecular flexibility index (Phi) is 6.81. The van der Waals surface area contributed by atoms with Gasteiger partial charge in [0, 0.05) is 0 Å². The van der Waals surface area contributed by atoms with Gasteiger partial charge in [-0.2, -0.15) is 0 Å². The van der Waals surface area contributed by atoms with Gasteiger partial charge in [0.1, 0.15) is 0 Å². The minimum atomic E-state index is -0.715. The summed E-state index contributed by atoms with van der Waals surface area (Å²) >= 11 is 0. The van der Waals surface area contributed by atoms with Crippen molar-refractivity contribution in [3.8, 4) is 5.75 Å². The van der Waals surface area contributed by atoms with Crippen LogP contribution in [-0.4, -0.2) is 5.96 Å². The van der Waals surface area contributed by atoms with Crippen molar-refractivity contribution in [2.24, 2.45) is 22.4 Å². The fourth-order valence-corrected chi connectivity index (χ4v) is 0.769. The normalized spacial score (nSPS) is 8.29. The molecule has 7 heteroatoms. The molecule has 0 radical (unpaired) electrons. The molecule has 1 unspecified atom stereocenters. The fourth-order valence-electron chi connectivity index (χ4n) is 0.537. The smallest absolute Gasteiger partial charge is 0.369 e. The molecule has 14 heavy (non-hydrogen) atoms. The average molecular weight is 215 g/mol. The van der Waals surface area contributed by atoms with E-state index in [0.29, 0.717) is 5.75 Å². The topological polar surface area (TPSA) is 117 Å². The maximum atomic E-state index is 9.90. The van der Waals surface area contributed by atoms with Gasteiger partial charge in [0.15, 0.2) is 5.75 Å². The third-order valence-corrected chi connectivity index (χ3v) is 1.37. The van der Waals surface area contributed by atoms with Gasteiger partial charge >= 0.3 is 8.69 Å². The van der Waals surface area contributed by atoms with Crippen LogP contribution in [0.2, 0.25) is 0 Å². The molecule has 1 aromatic rings. The van der Waals surface area contributed by atoms with Crippen molar-refractivity contribution in [1.29, 1.82) is 0 Å². The monoisotopic (exact) mass is 215 g/mol. The number of hydrazone groups is 1. The molecule has 0 amide bonds. The molecular weight excluding hydrogens is 203 g/mol. The van der Waals surface area contributed by atoms with Crippen LogP contribution >= 0.6 is 8.69 Å². The zero-order valence-corrected chi connectivity index (χ0v) is 8.38. The summed E-state index contributed by atoms with van der Waals surface area (Å²) < 4.78 is 14.6. The number of rotatable bonds is 2. The molecule has 0 saturated carbocycles. The molecule has 6 N–H and O–H groups in total. The van der Waals surface area contributed by atoms with E-state index in [1.807, 2.05) is 18.2 Å². The van der Waals surface area contributed by atoms with Gasteiger partial charge in [0.2, 0.25) is 5.96 Å². The van der Waals surface area contributed by atoms with Crippen LogP contribution in [0.3, 0.4) is 0 Å². The van der Waals surface area contributed by atoms with Crippen molar-refractivity contribution in [1.82, 2.24) is 0 Å². The second kappa shape index (κ2) is 7.82. The minimum Gasteiger partial charge on any atom is -0.369 e. The van der Waals surface area contributed by atoms with Crippen LogP contribution in [0, 0.1) is 0 Å². The van der Waals surface area contributed by atoms with Gasteiger partial charge in [-0.05, 0) is 16.7 Å². The van der Waals surface area contributed by atoms with E-state index in [2.05, 4.69) is 15.5 Å². The van der Waals surface area contributed by atoms with E-state index in [9.17, 15) is 4.57 Å². The number of hydrogen-bond acceptors (Lipinski definition) is 4. The number of nitrogens with two attached hydrogens (primary N) is 3. The summed E-state index contributed by atoms with van der Waals surface area (Å²) in [6.07, 6.45) is 0. The third-order valence-electron chi connectivity index (χ3n) is 1.05. The number of nitrogens with zero attached hydrogens (tertiary/aromatic N) is 1. The number of hydrogen-bond donors (Lipinski definition) is 3. The quantitative estimate of drug-likeness (QED) is 0.213. The van der Waals surface area contributed by atoms with Gasteiger partial charge in [0.05, 0.1) is 0 Å². The SMILES string of the molecule is NN=C(N)N.O=[PH+]Oc1ccccc1. The number of guanidine groups is 1. The summed E-state index contributed by atoms with van der Waals surface area (Å²) in [5, 5.41) is 2.86. The Morgan fingerprint density at radius 2 is 1.79 bits per heavy atom. The van der Waals surface area contributed by atoms with Gasteiger partial charge in [-0.15, -0.1) is 5.10 Å². The third kappa shape index (κ3) is 6.87. The summed E-state index contributed by atoms with van der Waals surface area (Å²) in [5.74, 6) is 5.06. The molecule has 76 valence electrons. The number of benzene rings is 1. The van der Waals surface area contributed by atoms with Crippen LogP contribution in [-0.2, 0) is 4.57 Å². The van der Waals surface area contributed by atoms with Crippen LogP contribution in [0.4, 0.5) is 0 Å².